The molecule has 0 spiro atoms. The van der Waals surface area contributed by atoms with E-state index in [-0.39, 0.29) is 52.9 Å². The van der Waals surface area contributed by atoms with Crippen LogP contribution in [0.25, 0.3) is 32.2 Å². The highest BCUT2D eigenvalue weighted by molar-refractivity contribution is 7.22. The van der Waals surface area contributed by atoms with E-state index in [9.17, 15) is 19.2 Å². The minimum Gasteiger partial charge on any atom is -0.461 e. The SMILES string of the molecule is CC(=O)C1CCC(C(=O)Oc2ccc(OC(=O)C3CCC(C(C)=O)CC3)c3sc(-c4cc5occc5o4)nc23)CC1. The molecule has 6 rings (SSSR count). The average molecular weight is 578 g/mol. The van der Waals surface area contributed by atoms with E-state index >= 15 is 0 Å². The summed E-state index contributed by atoms with van der Waals surface area (Å²) in [5.74, 6) is 0.162. The van der Waals surface area contributed by atoms with Gasteiger partial charge in [-0.3, -0.25) is 19.2 Å². The molecule has 0 radical (unpaired) electrons. The number of aromatic nitrogens is 1. The van der Waals surface area contributed by atoms with E-state index in [1.54, 1.807) is 44.4 Å². The van der Waals surface area contributed by atoms with Crippen molar-refractivity contribution in [1.82, 2.24) is 4.98 Å². The minimum absolute atomic E-state index is 0.00655. The number of esters is 2. The summed E-state index contributed by atoms with van der Waals surface area (Å²) in [6.07, 6.45) is 6.65. The zero-order valence-electron chi connectivity index (χ0n) is 23.0. The van der Waals surface area contributed by atoms with Crippen molar-refractivity contribution in [2.24, 2.45) is 23.7 Å². The first-order valence-corrected chi connectivity index (χ1v) is 14.9. The van der Waals surface area contributed by atoms with Crippen LogP contribution in [0.4, 0.5) is 0 Å². The van der Waals surface area contributed by atoms with Gasteiger partial charge in [-0.2, -0.15) is 0 Å². The molecule has 0 atom stereocenters. The number of furan rings is 2. The Morgan fingerprint density at radius 3 is 1.85 bits per heavy atom. The normalized spacial score (nSPS) is 23.0. The number of rotatable bonds is 7. The molecule has 2 fully saturated rings. The molecule has 2 aliphatic rings. The second-order valence-corrected chi connectivity index (χ2v) is 12.2. The van der Waals surface area contributed by atoms with Gasteiger partial charge in [0, 0.05) is 24.0 Å². The molecule has 4 aromatic rings. The number of hydrogen-bond acceptors (Lipinski definition) is 10. The zero-order chi connectivity index (χ0) is 28.7. The van der Waals surface area contributed by atoms with Crippen LogP contribution in [0.3, 0.4) is 0 Å². The molecule has 9 nitrogen and oxygen atoms in total. The van der Waals surface area contributed by atoms with Gasteiger partial charge in [0.05, 0.1) is 18.1 Å². The van der Waals surface area contributed by atoms with E-state index in [1.807, 2.05) is 0 Å². The third-order valence-corrected chi connectivity index (χ3v) is 9.60. The molecule has 10 heteroatoms. The summed E-state index contributed by atoms with van der Waals surface area (Å²) in [4.78, 5) is 54.5. The van der Waals surface area contributed by atoms with Crippen molar-refractivity contribution < 1.29 is 37.5 Å². The number of hydrogen-bond donors (Lipinski definition) is 0. The van der Waals surface area contributed by atoms with Crippen molar-refractivity contribution in [3.63, 3.8) is 0 Å². The number of Topliss-reactive ketones (excluding diaryl/α,β-unsaturated/α-hetero) is 2. The van der Waals surface area contributed by atoms with Crippen molar-refractivity contribution in [1.29, 1.82) is 0 Å². The van der Waals surface area contributed by atoms with Crippen LogP contribution >= 0.6 is 11.3 Å². The van der Waals surface area contributed by atoms with Crippen molar-refractivity contribution >= 4 is 56.2 Å². The summed E-state index contributed by atoms with van der Waals surface area (Å²) in [7, 11) is 0. The molecule has 3 heterocycles. The molecule has 3 aromatic heterocycles. The number of thiazole rings is 1. The van der Waals surface area contributed by atoms with Crippen LogP contribution in [0.5, 0.6) is 11.5 Å². The molecular weight excluding hydrogens is 546 g/mol. The highest BCUT2D eigenvalue weighted by Gasteiger charge is 2.32. The van der Waals surface area contributed by atoms with Crippen LogP contribution < -0.4 is 9.47 Å². The molecule has 2 aliphatic carbocycles. The minimum atomic E-state index is -0.356. The lowest BCUT2D eigenvalue weighted by Gasteiger charge is -2.25. The first kappa shape index (κ1) is 27.4. The Hall–Kier alpha value is -3.79. The quantitative estimate of drug-likeness (QED) is 0.170. The number of benzene rings is 1. The highest BCUT2D eigenvalue weighted by Crippen LogP contribution is 2.43. The van der Waals surface area contributed by atoms with Crippen LogP contribution in [-0.2, 0) is 19.2 Å². The van der Waals surface area contributed by atoms with Crippen molar-refractivity contribution in [2.75, 3.05) is 0 Å². The summed E-state index contributed by atoms with van der Waals surface area (Å²) < 4.78 is 23.6. The van der Waals surface area contributed by atoms with Gasteiger partial charge in [-0.15, -0.1) is 11.3 Å². The van der Waals surface area contributed by atoms with Crippen LogP contribution in [0, 0.1) is 23.7 Å². The van der Waals surface area contributed by atoms with Gasteiger partial charge in [0.2, 0.25) is 0 Å². The third-order valence-electron chi connectivity index (χ3n) is 8.51. The largest absolute Gasteiger partial charge is 0.461 e. The number of carbonyl (C=O) groups is 4. The monoisotopic (exact) mass is 577 g/mol. The number of nitrogens with zero attached hydrogens (tertiary/aromatic N) is 1. The molecule has 0 bridgehead atoms. The van der Waals surface area contributed by atoms with Crippen molar-refractivity contribution in [2.45, 2.75) is 65.2 Å². The van der Waals surface area contributed by atoms with Crippen LogP contribution in [0.2, 0.25) is 0 Å². The Labute approximate surface area is 240 Å². The predicted molar refractivity (Wildman–Crippen MR) is 151 cm³/mol. The summed E-state index contributed by atoms with van der Waals surface area (Å²) in [5.41, 5.74) is 1.56. The summed E-state index contributed by atoms with van der Waals surface area (Å²) in [5, 5.41) is 0.524. The fourth-order valence-corrected chi connectivity index (χ4v) is 6.94. The predicted octanol–water partition coefficient (Wildman–Crippen LogP) is 6.90. The van der Waals surface area contributed by atoms with Gasteiger partial charge in [0.15, 0.2) is 33.4 Å². The van der Waals surface area contributed by atoms with E-state index in [0.29, 0.717) is 89.3 Å². The summed E-state index contributed by atoms with van der Waals surface area (Å²) in [6.45, 7) is 3.20. The van der Waals surface area contributed by atoms with E-state index in [4.69, 9.17) is 23.3 Å². The van der Waals surface area contributed by atoms with E-state index in [0.717, 1.165) is 0 Å². The Bertz CT molecular complexity index is 1510. The van der Waals surface area contributed by atoms with Crippen LogP contribution in [0.15, 0.2) is 39.4 Å². The van der Waals surface area contributed by atoms with Gasteiger partial charge in [-0.25, -0.2) is 4.98 Å². The molecule has 0 unspecified atom stereocenters. The molecule has 0 saturated heterocycles. The number of ketones is 2. The number of fused-ring (bicyclic) bond motifs is 2. The second-order valence-electron chi connectivity index (χ2n) is 11.2. The summed E-state index contributed by atoms with van der Waals surface area (Å²) >= 11 is 1.27. The summed E-state index contributed by atoms with van der Waals surface area (Å²) in [6, 6.07) is 6.69. The molecule has 1 aromatic carbocycles. The van der Waals surface area contributed by atoms with Crippen molar-refractivity contribution in [3.8, 4) is 22.3 Å². The van der Waals surface area contributed by atoms with Gasteiger partial charge in [0.1, 0.15) is 21.8 Å². The molecule has 41 heavy (non-hydrogen) atoms. The fraction of sp³-hybridized carbons (Fsp3) is 0.452. The lowest BCUT2D eigenvalue weighted by molar-refractivity contribution is -0.141. The van der Waals surface area contributed by atoms with Crippen LogP contribution in [0.1, 0.15) is 65.2 Å². The van der Waals surface area contributed by atoms with Gasteiger partial charge >= 0.3 is 11.9 Å². The Balaban J connectivity index is 1.27. The first-order chi connectivity index (χ1) is 19.8. The topological polar surface area (TPSA) is 126 Å². The standard InChI is InChI=1S/C31H31NO8S/c1-16(33)18-3-7-20(8-4-18)30(35)39-23-11-12-24(40-31(36)21-9-5-19(6-10-21)17(2)34)28-27(23)32-29(41-28)26-15-25-22(38-26)13-14-37-25/h11-15,18-21H,3-10H2,1-2H3. The van der Waals surface area contributed by atoms with Crippen LogP contribution in [-0.4, -0.2) is 28.5 Å². The van der Waals surface area contributed by atoms with E-state index in [1.165, 1.54) is 11.3 Å². The Kier molecular flexibility index (Phi) is 7.50. The van der Waals surface area contributed by atoms with Gasteiger partial charge in [-0.1, -0.05) is 0 Å². The average Bonchev–Trinajstić information content (AvgIpc) is 3.70. The maximum Gasteiger partial charge on any atom is 0.314 e. The van der Waals surface area contributed by atoms with Crippen molar-refractivity contribution in [3.05, 3.63) is 30.5 Å². The Morgan fingerprint density at radius 1 is 0.756 bits per heavy atom. The van der Waals surface area contributed by atoms with E-state index in [2.05, 4.69) is 0 Å². The molecule has 0 N–H and O–H groups in total. The van der Waals surface area contributed by atoms with Gasteiger partial charge in [0.25, 0.3) is 0 Å². The maximum absolute atomic E-state index is 13.1. The molecule has 0 aliphatic heterocycles. The second kappa shape index (κ2) is 11.2. The number of ether oxygens (including phenoxy) is 2. The maximum atomic E-state index is 13.1. The molecule has 2 saturated carbocycles. The van der Waals surface area contributed by atoms with Gasteiger partial charge in [-0.05, 0) is 77.3 Å². The van der Waals surface area contributed by atoms with E-state index < -0.39 is 0 Å². The highest BCUT2D eigenvalue weighted by atomic mass is 32.1. The third kappa shape index (κ3) is 5.57. The molecule has 214 valence electrons. The lowest BCUT2D eigenvalue weighted by Crippen LogP contribution is -2.28. The zero-order valence-corrected chi connectivity index (χ0v) is 23.8. The Morgan fingerprint density at radius 2 is 1.29 bits per heavy atom. The van der Waals surface area contributed by atoms with Gasteiger partial charge < -0.3 is 18.3 Å². The first-order valence-electron chi connectivity index (χ1n) is 14.1. The fourth-order valence-electron chi connectivity index (χ4n) is 5.95. The smallest absolute Gasteiger partial charge is 0.314 e. The number of carbonyl (C=O) groups excluding carboxylic acids is 4. The molecule has 0 amide bonds. The lowest BCUT2D eigenvalue weighted by atomic mass is 9.80. The molecular formula is C31H31NO8S.